The molecule has 5 heteroatoms. The van der Waals surface area contributed by atoms with Gasteiger partial charge in [0.05, 0.1) is 12.6 Å². The Morgan fingerprint density at radius 2 is 1.90 bits per heavy atom. The van der Waals surface area contributed by atoms with Crippen molar-refractivity contribution >= 4 is 0 Å². The highest BCUT2D eigenvalue weighted by molar-refractivity contribution is 5.31. The van der Waals surface area contributed by atoms with Crippen LogP contribution in [0.15, 0.2) is 24.3 Å². The van der Waals surface area contributed by atoms with Crippen LogP contribution in [0.5, 0.6) is 5.75 Å². The van der Waals surface area contributed by atoms with E-state index in [1.165, 1.54) is 0 Å². The number of rotatable bonds is 6. The zero-order valence-electron chi connectivity index (χ0n) is 12.5. The molecule has 1 heterocycles. The lowest BCUT2D eigenvalue weighted by atomic mass is 10.2. The van der Waals surface area contributed by atoms with E-state index < -0.39 is 6.10 Å². The van der Waals surface area contributed by atoms with E-state index in [1.807, 2.05) is 31.2 Å². The predicted molar refractivity (Wildman–Crippen MR) is 81.2 cm³/mol. The van der Waals surface area contributed by atoms with Gasteiger partial charge in [0.25, 0.3) is 0 Å². The molecule has 1 aliphatic heterocycles. The topological polar surface area (TPSA) is 59.7 Å². The molecule has 1 unspecified atom stereocenters. The quantitative estimate of drug-likeness (QED) is 0.788. The van der Waals surface area contributed by atoms with Crippen molar-refractivity contribution in [1.82, 2.24) is 9.80 Å². The number of benzene rings is 1. The number of aliphatic hydroxyl groups is 1. The van der Waals surface area contributed by atoms with Crippen LogP contribution in [0, 0.1) is 18.3 Å². The van der Waals surface area contributed by atoms with Gasteiger partial charge in [-0.15, -0.1) is 0 Å². The Hall–Kier alpha value is -1.61. The maximum atomic E-state index is 10.1. The van der Waals surface area contributed by atoms with Crippen molar-refractivity contribution in [2.75, 3.05) is 45.9 Å². The van der Waals surface area contributed by atoms with Gasteiger partial charge in [0.15, 0.2) is 0 Å². The monoisotopic (exact) mass is 289 g/mol. The third-order valence-electron chi connectivity index (χ3n) is 3.75. The van der Waals surface area contributed by atoms with E-state index in [0.29, 0.717) is 19.7 Å². The van der Waals surface area contributed by atoms with Gasteiger partial charge in [0, 0.05) is 32.7 Å². The van der Waals surface area contributed by atoms with Gasteiger partial charge in [0.1, 0.15) is 18.5 Å². The molecule has 0 aliphatic carbocycles. The highest BCUT2D eigenvalue weighted by atomic mass is 16.5. The molecule has 0 amide bonds. The average Bonchev–Trinajstić information content (AvgIpc) is 2.49. The maximum Gasteiger partial charge on any atom is 0.122 e. The number of aryl methyl sites for hydroxylation is 1. The zero-order valence-corrected chi connectivity index (χ0v) is 12.5. The molecule has 0 bridgehead atoms. The van der Waals surface area contributed by atoms with Crippen molar-refractivity contribution in [2.45, 2.75) is 13.0 Å². The number of ether oxygens (including phenoxy) is 1. The molecule has 114 valence electrons. The Kier molecular flexibility index (Phi) is 6.00. The molecule has 1 saturated heterocycles. The molecule has 1 N–H and O–H groups in total. The first-order valence-electron chi connectivity index (χ1n) is 7.37. The third-order valence-corrected chi connectivity index (χ3v) is 3.75. The molecule has 1 fully saturated rings. The number of hydrogen-bond acceptors (Lipinski definition) is 5. The number of nitriles is 1. The summed E-state index contributed by atoms with van der Waals surface area (Å²) in [5.41, 5.74) is 1.08. The van der Waals surface area contributed by atoms with Crippen molar-refractivity contribution in [1.29, 1.82) is 5.26 Å². The molecule has 1 aliphatic rings. The van der Waals surface area contributed by atoms with Gasteiger partial charge < -0.3 is 9.84 Å². The Morgan fingerprint density at radius 1 is 1.24 bits per heavy atom. The number of para-hydroxylation sites is 1. The van der Waals surface area contributed by atoms with Crippen molar-refractivity contribution in [3.8, 4) is 11.8 Å². The van der Waals surface area contributed by atoms with Gasteiger partial charge in [-0.3, -0.25) is 9.80 Å². The average molecular weight is 289 g/mol. The largest absolute Gasteiger partial charge is 0.491 e. The van der Waals surface area contributed by atoms with Crippen molar-refractivity contribution in [3.63, 3.8) is 0 Å². The second kappa shape index (κ2) is 7.99. The standard InChI is InChI=1S/C16H23N3O2/c1-14-4-2-3-5-16(14)21-13-15(20)12-19-10-8-18(7-6-17)9-11-19/h2-5,15,20H,7-13H2,1H3. The second-order valence-electron chi connectivity index (χ2n) is 5.47. The van der Waals surface area contributed by atoms with Gasteiger partial charge in [-0.2, -0.15) is 5.26 Å². The molecule has 0 saturated carbocycles. The molecule has 0 aromatic heterocycles. The number of hydrogen-bond donors (Lipinski definition) is 1. The van der Waals surface area contributed by atoms with Crippen LogP contribution in [0.2, 0.25) is 0 Å². The van der Waals surface area contributed by atoms with Crippen LogP contribution in [0.4, 0.5) is 0 Å². The van der Waals surface area contributed by atoms with E-state index >= 15 is 0 Å². The van der Waals surface area contributed by atoms with Crippen molar-refractivity contribution < 1.29 is 9.84 Å². The zero-order chi connectivity index (χ0) is 15.1. The normalized spacial score (nSPS) is 18.1. The molecular weight excluding hydrogens is 266 g/mol. The van der Waals surface area contributed by atoms with E-state index in [9.17, 15) is 5.11 Å². The SMILES string of the molecule is Cc1ccccc1OCC(O)CN1CCN(CC#N)CC1. The highest BCUT2D eigenvalue weighted by Gasteiger charge is 2.19. The van der Waals surface area contributed by atoms with Gasteiger partial charge in [-0.1, -0.05) is 18.2 Å². The lowest BCUT2D eigenvalue weighted by Gasteiger charge is -2.34. The number of piperazine rings is 1. The number of nitrogens with zero attached hydrogens (tertiary/aromatic N) is 3. The van der Waals surface area contributed by atoms with Crippen LogP contribution in [0.25, 0.3) is 0 Å². The first kappa shape index (κ1) is 15.8. The van der Waals surface area contributed by atoms with Crippen LogP contribution in [0.3, 0.4) is 0 Å². The Bertz CT molecular complexity index is 479. The molecule has 5 nitrogen and oxygen atoms in total. The Morgan fingerprint density at radius 3 is 2.57 bits per heavy atom. The van der Waals surface area contributed by atoms with Crippen molar-refractivity contribution in [3.05, 3.63) is 29.8 Å². The fourth-order valence-electron chi connectivity index (χ4n) is 2.49. The fourth-order valence-corrected chi connectivity index (χ4v) is 2.49. The molecule has 0 radical (unpaired) electrons. The highest BCUT2D eigenvalue weighted by Crippen LogP contribution is 2.16. The smallest absolute Gasteiger partial charge is 0.122 e. The molecular formula is C16H23N3O2. The Balaban J connectivity index is 1.70. The van der Waals surface area contributed by atoms with Crippen LogP contribution < -0.4 is 4.74 Å². The summed E-state index contributed by atoms with van der Waals surface area (Å²) in [6.45, 7) is 6.97. The van der Waals surface area contributed by atoms with Gasteiger partial charge >= 0.3 is 0 Å². The van der Waals surface area contributed by atoms with Crippen LogP contribution >= 0.6 is 0 Å². The van der Waals surface area contributed by atoms with Crippen LogP contribution in [-0.2, 0) is 0 Å². The predicted octanol–water partition coefficient (Wildman–Crippen LogP) is 0.876. The van der Waals surface area contributed by atoms with Gasteiger partial charge in [-0.05, 0) is 18.6 Å². The Labute approximate surface area is 126 Å². The van der Waals surface area contributed by atoms with Gasteiger partial charge in [-0.25, -0.2) is 0 Å². The summed E-state index contributed by atoms with van der Waals surface area (Å²) in [4.78, 5) is 4.35. The summed E-state index contributed by atoms with van der Waals surface area (Å²) in [7, 11) is 0. The number of β-amino-alcohol motifs (C(OH)–C–C–N with tert-alkyl or cyclic N) is 1. The van der Waals surface area contributed by atoms with Gasteiger partial charge in [0.2, 0.25) is 0 Å². The first-order valence-corrected chi connectivity index (χ1v) is 7.37. The summed E-state index contributed by atoms with van der Waals surface area (Å²) in [5.74, 6) is 0.829. The van der Waals surface area contributed by atoms with Crippen LogP contribution in [-0.4, -0.2) is 66.9 Å². The summed E-state index contributed by atoms with van der Waals surface area (Å²) in [6, 6.07) is 10.00. The lowest BCUT2D eigenvalue weighted by Crippen LogP contribution is -2.49. The summed E-state index contributed by atoms with van der Waals surface area (Å²) in [5, 5.41) is 18.8. The summed E-state index contributed by atoms with van der Waals surface area (Å²) < 4.78 is 5.67. The lowest BCUT2D eigenvalue weighted by molar-refractivity contribution is 0.0482. The fraction of sp³-hybridized carbons (Fsp3) is 0.562. The minimum absolute atomic E-state index is 0.309. The van der Waals surface area contributed by atoms with E-state index in [1.54, 1.807) is 0 Å². The van der Waals surface area contributed by atoms with E-state index in [0.717, 1.165) is 37.5 Å². The third kappa shape index (κ3) is 5.01. The summed E-state index contributed by atoms with van der Waals surface area (Å²) >= 11 is 0. The minimum Gasteiger partial charge on any atom is -0.491 e. The summed E-state index contributed by atoms with van der Waals surface area (Å²) in [6.07, 6.45) is -0.493. The molecule has 1 aromatic rings. The molecule has 2 rings (SSSR count). The van der Waals surface area contributed by atoms with Crippen molar-refractivity contribution in [2.24, 2.45) is 0 Å². The molecule has 0 spiro atoms. The minimum atomic E-state index is -0.493. The van der Waals surface area contributed by atoms with Crippen LogP contribution in [0.1, 0.15) is 5.56 Å². The molecule has 21 heavy (non-hydrogen) atoms. The second-order valence-corrected chi connectivity index (χ2v) is 5.47. The first-order chi connectivity index (χ1) is 10.2. The van der Waals surface area contributed by atoms with E-state index in [4.69, 9.17) is 10.00 Å². The maximum absolute atomic E-state index is 10.1. The van der Waals surface area contributed by atoms with E-state index in [-0.39, 0.29) is 0 Å². The number of aliphatic hydroxyl groups excluding tert-OH is 1. The molecule has 1 aromatic carbocycles. The van der Waals surface area contributed by atoms with E-state index in [2.05, 4.69) is 15.9 Å². The molecule has 1 atom stereocenters.